The van der Waals surface area contributed by atoms with Gasteiger partial charge in [-0.1, -0.05) is 88.3 Å². The van der Waals surface area contributed by atoms with Crippen LogP contribution < -0.4 is 0 Å². The number of benzene rings is 2. The Bertz CT molecular complexity index is 1210. The van der Waals surface area contributed by atoms with Crippen LogP contribution in [-0.4, -0.2) is 0 Å². The molecule has 0 amide bonds. The Kier molecular flexibility index (Phi) is 9.11. The first kappa shape index (κ1) is 31.4. The number of rotatable bonds is 7. The van der Waals surface area contributed by atoms with Crippen molar-refractivity contribution in [2.24, 2.45) is 41.4 Å². The molecule has 1 unspecified atom stereocenters. The largest absolute Gasteiger partial charge is 0.0625 e. The molecule has 0 heteroatoms. The number of aryl methyl sites for hydroxylation is 2. The standard InChI is InChI=1S/C40H62/c1-20(2)16-35-24(7)22(5)18-36(37(35)21(3)4)28(11)27(10)34-19-33-17-23(6)38(32(15)39(33)31(34)14)40-29(12)25(8)26(9)30(40)13/h17-18,20-21,25-31,34,40H,16,19H2,1-15H3/t25-,26+,27-,28-,29-,30+,31-,34+,40?/m0/s1. The van der Waals surface area contributed by atoms with Crippen molar-refractivity contribution in [3.05, 3.63) is 67.8 Å². The van der Waals surface area contributed by atoms with Crippen LogP contribution in [0.15, 0.2) is 12.1 Å². The van der Waals surface area contributed by atoms with E-state index in [1.54, 1.807) is 44.5 Å². The Balaban J connectivity index is 1.72. The van der Waals surface area contributed by atoms with E-state index in [0.717, 1.165) is 23.7 Å². The zero-order valence-electron chi connectivity index (χ0n) is 28.9. The molecule has 0 nitrogen and oxygen atoms in total. The third kappa shape index (κ3) is 5.13. The van der Waals surface area contributed by atoms with E-state index in [1.807, 2.05) is 0 Å². The molecule has 2 aliphatic rings. The molecule has 0 radical (unpaired) electrons. The van der Waals surface area contributed by atoms with Crippen molar-refractivity contribution < 1.29 is 0 Å². The second-order valence-corrected chi connectivity index (χ2v) is 15.6. The summed E-state index contributed by atoms with van der Waals surface area (Å²) in [5.41, 5.74) is 16.2. The lowest BCUT2D eigenvalue weighted by Crippen LogP contribution is -2.23. The molecule has 222 valence electrons. The van der Waals surface area contributed by atoms with Crippen LogP contribution in [0, 0.1) is 69.1 Å². The first-order valence-electron chi connectivity index (χ1n) is 16.9. The molecule has 2 aliphatic carbocycles. The molecule has 2 aromatic carbocycles. The van der Waals surface area contributed by atoms with Crippen LogP contribution in [0.2, 0.25) is 0 Å². The molecular weight excluding hydrogens is 480 g/mol. The zero-order chi connectivity index (χ0) is 30.0. The van der Waals surface area contributed by atoms with Gasteiger partial charge < -0.3 is 0 Å². The Labute approximate surface area is 249 Å². The summed E-state index contributed by atoms with van der Waals surface area (Å²) in [6, 6.07) is 5.19. The van der Waals surface area contributed by atoms with Crippen LogP contribution in [0.25, 0.3) is 0 Å². The summed E-state index contributed by atoms with van der Waals surface area (Å²) in [6.07, 6.45) is 2.43. The van der Waals surface area contributed by atoms with Gasteiger partial charge in [0.15, 0.2) is 0 Å². The normalized spacial score (nSPS) is 29.9. The minimum Gasteiger partial charge on any atom is -0.0625 e. The maximum Gasteiger partial charge on any atom is -0.00999 e. The highest BCUT2D eigenvalue weighted by Gasteiger charge is 2.45. The summed E-state index contributed by atoms with van der Waals surface area (Å²) in [7, 11) is 0. The fourth-order valence-electron chi connectivity index (χ4n) is 9.73. The van der Waals surface area contributed by atoms with Gasteiger partial charge in [0.2, 0.25) is 0 Å². The summed E-state index contributed by atoms with van der Waals surface area (Å²) in [4.78, 5) is 0. The topological polar surface area (TPSA) is 0 Å². The molecular formula is C40H62. The third-order valence-electron chi connectivity index (χ3n) is 12.7. The molecule has 2 aromatic rings. The van der Waals surface area contributed by atoms with Gasteiger partial charge in [-0.2, -0.15) is 0 Å². The highest BCUT2D eigenvalue weighted by Crippen LogP contribution is 2.55. The molecule has 1 saturated carbocycles. The van der Waals surface area contributed by atoms with E-state index in [0.29, 0.717) is 41.4 Å². The van der Waals surface area contributed by atoms with E-state index in [2.05, 4.69) is 116 Å². The fraction of sp³-hybridized carbons (Fsp3) is 0.700. The Morgan fingerprint density at radius 2 is 1.27 bits per heavy atom. The van der Waals surface area contributed by atoms with Gasteiger partial charge in [0, 0.05) is 0 Å². The minimum absolute atomic E-state index is 0.557. The van der Waals surface area contributed by atoms with E-state index >= 15 is 0 Å². The SMILES string of the molecule is Cc1cc([C@@H](C)[C@H](C)[C@H]2Cc3cc(C)c(C4[C@@H](C)[C@@H](C)[C@@H](C)[C@H]4C)c(C)c3[C@H]2C)c(C(C)C)c(CC(C)C)c1C. The van der Waals surface area contributed by atoms with E-state index in [1.165, 1.54) is 24.0 Å². The molecule has 0 saturated heterocycles. The molecule has 0 N–H and O–H groups in total. The van der Waals surface area contributed by atoms with Gasteiger partial charge in [-0.25, -0.2) is 0 Å². The number of fused-ring (bicyclic) bond motifs is 1. The van der Waals surface area contributed by atoms with Gasteiger partial charge in [0.05, 0.1) is 0 Å². The summed E-state index contributed by atoms with van der Waals surface area (Å²) in [5, 5.41) is 0. The molecule has 0 aliphatic heterocycles. The predicted molar refractivity (Wildman–Crippen MR) is 177 cm³/mol. The number of hydrogen-bond acceptors (Lipinski definition) is 0. The van der Waals surface area contributed by atoms with Crippen molar-refractivity contribution in [2.45, 2.75) is 140 Å². The van der Waals surface area contributed by atoms with Crippen LogP contribution in [0.5, 0.6) is 0 Å². The van der Waals surface area contributed by atoms with Gasteiger partial charge in [0.1, 0.15) is 0 Å². The van der Waals surface area contributed by atoms with Crippen LogP contribution in [0.1, 0.15) is 155 Å². The lowest BCUT2D eigenvalue weighted by molar-refractivity contribution is 0.291. The van der Waals surface area contributed by atoms with Crippen LogP contribution in [-0.2, 0) is 12.8 Å². The van der Waals surface area contributed by atoms with Crippen molar-refractivity contribution >= 4 is 0 Å². The van der Waals surface area contributed by atoms with Crippen molar-refractivity contribution in [3.63, 3.8) is 0 Å². The molecule has 0 bridgehead atoms. The molecule has 0 spiro atoms. The number of hydrogen-bond donors (Lipinski definition) is 0. The summed E-state index contributed by atoms with van der Waals surface area (Å²) >= 11 is 0. The summed E-state index contributed by atoms with van der Waals surface area (Å²) in [5.74, 6) is 7.56. The molecule has 40 heavy (non-hydrogen) atoms. The third-order valence-corrected chi connectivity index (χ3v) is 12.7. The quantitative estimate of drug-likeness (QED) is 0.326. The Hall–Kier alpha value is -1.56. The van der Waals surface area contributed by atoms with Crippen molar-refractivity contribution in [3.8, 4) is 0 Å². The monoisotopic (exact) mass is 542 g/mol. The highest BCUT2D eigenvalue weighted by molar-refractivity contribution is 5.53. The predicted octanol–water partition coefficient (Wildman–Crippen LogP) is 11.6. The maximum atomic E-state index is 2.62. The molecule has 0 aromatic heterocycles. The zero-order valence-corrected chi connectivity index (χ0v) is 28.9. The van der Waals surface area contributed by atoms with Gasteiger partial charge in [-0.15, -0.1) is 0 Å². The highest BCUT2D eigenvalue weighted by atomic mass is 14.5. The van der Waals surface area contributed by atoms with Crippen LogP contribution in [0.3, 0.4) is 0 Å². The average molecular weight is 543 g/mol. The van der Waals surface area contributed by atoms with Crippen LogP contribution >= 0.6 is 0 Å². The fourth-order valence-corrected chi connectivity index (χ4v) is 9.73. The van der Waals surface area contributed by atoms with E-state index < -0.39 is 0 Å². The first-order valence-corrected chi connectivity index (χ1v) is 16.9. The second kappa shape index (κ2) is 11.6. The van der Waals surface area contributed by atoms with Crippen LogP contribution in [0.4, 0.5) is 0 Å². The van der Waals surface area contributed by atoms with Crippen molar-refractivity contribution in [1.82, 2.24) is 0 Å². The molecule has 0 heterocycles. The van der Waals surface area contributed by atoms with Gasteiger partial charge >= 0.3 is 0 Å². The first-order chi connectivity index (χ1) is 18.6. The van der Waals surface area contributed by atoms with Crippen molar-refractivity contribution in [2.75, 3.05) is 0 Å². The lowest BCUT2D eigenvalue weighted by Gasteiger charge is -2.34. The van der Waals surface area contributed by atoms with Gasteiger partial charge in [-0.05, 0) is 161 Å². The summed E-state index contributed by atoms with van der Waals surface area (Å²) in [6.45, 7) is 36.9. The molecule has 4 rings (SSSR count). The lowest BCUT2D eigenvalue weighted by atomic mass is 9.71. The molecule has 1 fully saturated rings. The Morgan fingerprint density at radius 1 is 0.700 bits per heavy atom. The van der Waals surface area contributed by atoms with Gasteiger partial charge in [-0.3, -0.25) is 0 Å². The minimum atomic E-state index is 0.557. The maximum absolute atomic E-state index is 2.62. The van der Waals surface area contributed by atoms with E-state index in [4.69, 9.17) is 0 Å². The van der Waals surface area contributed by atoms with Crippen molar-refractivity contribution in [1.29, 1.82) is 0 Å². The summed E-state index contributed by atoms with van der Waals surface area (Å²) < 4.78 is 0. The Morgan fingerprint density at radius 3 is 1.80 bits per heavy atom. The van der Waals surface area contributed by atoms with E-state index in [-0.39, 0.29) is 0 Å². The molecule has 9 atom stereocenters. The van der Waals surface area contributed by atoms with E-state index in [9.17, 15) is 0 Å². The average Bonchev–Trinajstić information content (AvgIpc) is 3.29. The smallest absolute Gasteiger partial charge is 0.00999 e. The second-order valence-electron chi connectivity index (χ2n) is 15.6. The van der Waals surface area contributed by atoms with Gasteiger partial charge in [0.25, 0.3) is 0 Å².